The summed E-state index contributed by atoms with van der Waals surface area (Å²) in [4.78, 5) is 16.5. The van der Waals surface area contributed by atoms with E-state index in [9.17, 15) is 4.79 Å². The molecule has 1 atom stereocenters. The summed E-state index contributed by atoms with van der Waals surface area (Å²) in [7, 11) is 3.65. The van der Waals surface area contributed by atoms with Crippen molar-refractivity contribution in [2.45, 2.75) is 19.4 Å². The molecule has 1 N–H and O–H groups in total. The summed E-state index contributed by atoms with van der Waals surface area (Å²) in [5.74, 6) is 0.0788. The monoisotopic (exact) mass is 335 g/mol. The van der Waals surface area contributed by atoms with Crippen molar-refractivity contribution in [2.75, 3.05) is 53.0 Å². The molecule has 2 saturated heterocycles. The SMILES string of the molecule is CNC(=O)CN1CCOCC2(CCCN(Cc3cnn(C)c3)C2)C1. The van der Waals surface area contributed by atoms with E-state index in [0.29, 0.717) is 13.2 Å². The first-order valence-corrected chi connectivity index (χ1v) is 8.79. The molecule has 0 bridgehead atoms. The lowest BCUT2D eigenvalue weighted by molar-refractivity contribution is -0.122. The maximum absolute atomic E-state index is 11.8. The van der Waals surface area contributed by atoms with E-state index in [2.05, 4.69) is 26.4 Å². The van der Waals surface area contributed by atoms with Crippen LogP contribution < -0.4 is 5.32 Å². The van der Waals surface area contributed by atoms with E-state index in [1.54, 1.807) is 7.05 Å². The number of rotatable bonds is 4. The van der Waals surface area contributed by atoms with Gasteiger partial charge in [-0.25, -0.2) is 0 Å². The minimum Gasteiger partial charge on any atom is -0.379 e. The molecule has 1 amide bonds. The third-order valence-electron chi connectivity index (χ3n) is 5.07. The Bertz CT molecular complexity index is 561. The first-order chi connectivity index (χ1) is 11.6. The Hall–Kier alpha value is -1.44. The van der Waals surface area contributed by atoms with Gasteiger partial charge in [-0.1, -0.05) is 0 Å². The number of hydrogen-bond donors (Lipinski definition) is 1. The predicted octanol–water partition coefficient (Wildman–Crippen LogP) is 0.0805. The van der Waals surface area contributed by atoms with Gasteiger partial charge < -0.3 is 10.1 Å². The van der Waals surface area contributed by atoms with Crippen LogP contribution in [0.5, 0.6) is 0 Å². The van der Waals surface area contributed by atoms with Gasteiger partial charge in [-0.2, -0.15) is 5.10 Å². The van der Waals surface area contributed by atoms with Crippen molar-refractivity contribution in [3.05, 3.63) is 18.0 Å². The fraction of sp³-hybridized carbons (Fsp3) is 0.765. The van der Waals surface area contributed by atoms with Gasteiger partial charge in [0.25, 0.3) is 0 Å². The van der Waals surface area contributed by atoms with E-state index in [4.69, 9.17) is 4.74 Å². The Morgan fingerprint density at radius 3 is 2.96 bits per heavy atom. The summed E-state index contributed by atoms with van der Waals surface area (Å²) in [6.07, 6.45) is 6.38. The highest BCUT2D eigenvalue weighted by Crippen LogP contribution is 2.33. The highest BCUT2D eigenvalue weighted by Gasteiger charge is 2.39. The number of carbonyl (C=O) groups is 1. The van der Waals surface area contributed by atoms with Crippen LogP contribution in [0.1, 0.15) is 18.4 Å². The average Bonchev–Trinajstić information content (AvgIpc) is 2.86. The minimum atomic E-state index is 0.0788. The van der Waals surface area contributed by atoms with Gasteiger partial charge in [0.2, 0.25) is 5.91 Å². The van der Waals surface area contributed by atoms with Gasteiger partial charge in [0.15, 0.2) is 0 Å². The average molecular weight is 335 g/mol. The molecule has 3 heterocycles. The number of ether oxygens (including phenoxy) is 1. The van der Waals surface area contributed by atoms with Gasteiger partial charge in [0.05, 0.1) is 26.0 Å². The number of hydrogen-bond acceptors (Lipinski definition) is 5. The molecule has 1 spiro atoms. The van der Waals surface area contributed by atoms with Crippen molar-refractivity contribution in [2.24, 2.45) is 12.5 Å². The third kappa shape index (κ3) is 4.34. The van der Waals surface area contributed by atoms with Gasteiger partial charge in [-0.05, 0) is 19.4 Å². The zero-order valence-electron chi connectivity index (χ0n) is 14.8. The first-order valence-electron chi connectivity index (χ1n) is 8.79. The normalized spacial score (nSPS) is 26.4. The molecule has 1 aromatic rings. The van der Waals surface area contributed by atoms with Gasteiger partial charge in [0.1, 0.15) is 0 Å². The molecule has 0 radical (unpaired) electrons. The van der Waals surface area contributed by atoms with Gasteiger partial charge in [0, 0.05) is 57.4 Å². The highest BCUT2D eigenvalue weighted by atomic mass is 16.5. The smallest absolute Gasteiger partial charge is 0.233 e. The molecule has 2 aliphatic heterocycles. The van der Waals surface area contributed by atoms with E-state index in [1.165, 1.54) is 18.4 Å². The molecule has 3 rings (SSSR count). The Balaban J connectivity index is 1.64. The van der Waals surface area contributed by atoms with Crippen molar-refractivity contribution in [3.63, 3.8) is 0 Å². The van der Waals surface area contributed by atoms with Crippen LogP contribution in [-0.4, -0.2) is 78.5 Å². The first kappa shape index (κ1) is 17.4. The Labute approximate surface area is 143 Å². The number of amides is 1. The lowest BCUT2D eigenvalue weighted by Crippen LogP contribution is -2.51. The van der Waals surface area contributed by atoms with Gasteiger partial charge in [-0.15, -0.1) is 0 Å². The maximum atomic E-state index is 11.8. The second kappa shape index (κ2) is 7.63. The second-order valence-corrected chi connectivity index (χ2v) is 7.27. The Morgan fingerprint density at radius 2 is 2.21 bits per heavy atom. The quantitative estimate of drug-likeness (QED) is 0.844. The fourth-order valence-corrected chi connectivity index (χ4v) is 4.00. The zero-order chi connectivity index (χ0) is 17.0. The standard InChI is InChI=1S/C17H29N5O2/c1-18-16(23)11-22-6-7-24-14-17(13-22)4-3-5-21(12-17)10-15-8-19-20(2)9-15/h8-9H,3-7,10-14H2,1-2H3,(H,18,23). The second-order valence-electron chi connectivity index (χ2n) is 7.27. The third-order valence-corrected chi connectivity index (χ3v) is 5.07. The topological polar surface area (TPSA) is 62.6 Å². The van der Waals surface area contributed by atoms with E-state index < -0.39 is 0 Å². The number of likely N-dealkylation sites (tertiary alicyclic amines) is 1. The lowest BCUT2D eigenvalue weighted by Gasteiger charge is -2.43. The van der Waals surface area contributed by atoms with E-state index >= 15 is 0 Å². The van der Waals surface area contributed by atoms with Crippen LogP contribution >= 0.6 is 0 Å². The van der Waals surface area contributed by atoms with E-state index in [-0.39, 0.29) is 11.3 Å². The van der Waals surface area contributed by atoms with E-state index in [0.717, 1.165) is 39.3 Å². The lowest BCUT2D eigenvalue weighted by atomic mass is 9.80. The van der Waals surface area contributed by atoms with Crippen LogP contribution in [0.2, 0.25) is 0 Å². The Morgan fingerprint density at radius 1 is 1.38 bits per heavy atom. The van der Waals surface area contributed by atoms with Crippen molar-refractivity contribution in [1.82, 2.24) is 24.9 Å². The molecule has 1 aromatic heterocycles. The van der Waals surface area contributed by atoms with Crippen LogP contribution in [0, 0.1) is 5.41 Å². The van der Waals surface area contributed by atoms with Gasteiger partial charge in [-0.3, -0.25) is 19.3 Å². The largest absolute Gasteiger partial charge is 0.379 e. The van der Waals surface area contributed by atoms with Crippen molar-refractivity contribution >= 4 is 5.91 Å². The maximum Gasteiger partial charge on any atom is 0.233 e. The Kier molecular flexibility index (Phi) is 5.53. The molecule has 134 valence electrons. The summed E-state index contributed by atoms with van der Waals surface area (Å²) in [5, 5.41) is 6.99. The molecule has 24 heavy (non-hydrogen) atoms. The van der Waals surface area contributed by atoms with Crippen molar-refractivity contribution in [3.8, 4) is 0 Å². The molecule has 2 aliphatic rings. The number of aryl methyl sites for hydroxylation is 1. The summed E-state index contributed by atoms with van der Waals surface area (Å²) in [6, 6.07) is 0. The minimum absolute atomic E-state index is 0.0788. The number of nitrogens with zero attached hydrogens (tertiary/aromatic N) is 4. The predicted molar refractivity (Wildman–Crippen MR) is 91.5 cm³/mol. The molecule has 7 nitrogen and oxygen atoms in total. The highest BCUT2D eigenvalue weighted by molar-refractivity contribution is 5.77. The van der Waals surface area contributed by atoms with Crippen LogP contribution in [0.25, 0.3) is 0 Å². The van der Waals surface area contributed by atoms with E-state index in [1.807, 2.05) is 17.9 Å². The molecule has 1 unspecified atom stereocenters. The molecule has 0 aliphatic carbocycles. The number of carbonyl (C=O) groups excluding carboxylic acids is 1. The molecule has 2 fully saturated rings. The summed E-state index contributed by atoms with van der Waals surface area (Å²) >= 11 is 0. The number of nitrogens with one attached hydrogen (secondary N) is 1. The molecule has 7 heteroatoms. The summed E-state index contributed by atoms with van der Waals surface area (Å²) in [6.45, 7) is 6.80. The summed E-state index contributed by atoms with van der Waals surface area (Å²) in [5.41, 5.74) is 1.39. The van der Waals surface area contributed by atoms with Crippen LogP contribution in [0.4, 0.5) is 0 Å². The fourth-order valence-electron chi connectivity index (χ4n) is 4.00. The van der Waals surface area contributed by atoms with Crippen LogP contribution in [-0.2, 0) is 23.1 Å². The number of piperidine rings is 1. The molecular weight excluding hydrogens is 306 g/mol. The number of likely N-dealkylation sites (N-methyl/N-ethyl adjacent to an activating group) is 1. The van der Waals surface area contributed by atoms with Crippen molar-refractivity contribution < 1.29 is 9.53 Å². The molecular formula is C17H29N5O2. The summed E-state index contributed by atoms with van der Waals surface area (Å²) < 4.78 is 7.78. The van der Waals surface area contributed by atoms with Crippen LogP contribution in [0.3, 0.4) is 0 Å². The van der Waals surface area contributed by atoms with Crippen molar-refractivity contribution in [1.29, 1.82) is 0 Å². The molecule has 0 saturated carbocycles. The van der Waals surface area contributed by atoms with Gasteiger partial charge >= 0.3 is 0 Å². The molecule has 0 aromatic carbocycles. The number of aromatic nitrogens is 2. The van der Waals surface area contributed by atoms with Crippen LogP contribution in [0.15, 0.2) is 12.4 Å². The zero-order valence-corrected chi connectivity index (χ0v) is 14.8.